The molecule has 1 atom stereocenters. The van der Waals surface area contributed by atoms with Crippen LogP contribution in [0.5, 0.6) is 0 Å². The van der Waals surface area contributed by atoms with E-state index in [1.165, 1.54) is 24.3 Å². The first-order chi connectivity index (χ1) is 15.9. The van der Waals surface area contributed by atoms with E-state index in [4.69, 9.17) is 0 Å². The normalized spacial score (nSPS) is 18.2. The first-order valence-electron chi connectivity index (χ1n) is 10.9. The van der Waals surface area contributed by atoms with Crippen molar-refractivity contribution in [1.82, 2.24) is 14.9 Å². The van der Waals surface area contributed by atoms with Gasteiger partial charge in [0.1, 0.15) is 11.5 Å². The molecular formula is C24H23N5O4. The first-order valence-corrected chi connectivity index (χ1v) is 10.9. The van der Waals surface area contributed by atoms with Crippen LogP contribution in [0.15, 0.2) is 48.7 Å². The van der Waals surface area contributed by atoms with E-state index in [2.05, 4.69) is 22.2 Å². The van der Waals surface area contributed by atoms with Crippen LogP contribution in [-0.4, -0.2) is 44.7 Å². The number of non-ortho nitro benzene ring substituents is 1. The lowest BCUT2D eigenvalue weighted by molar-refractivity contribution is -0.384. The fourth-order valence-corrected chi connectivity index (χ4v) is 4.28. The zero-order valence-corrected chi connectivity index (χ0v) is 18.1. The third-order valence-electron chi connectivity index (χ3n) is 6.21. The van der Waals surface area contributed by atoms with Gasteiger partial charge in [-0.2, -0.15) is 0 Å². The maximum atomic E-state index is 13.0. The van der Waals surface area contributed by atoms with Crippen molar-refractivity contribution >= 4 is 39.9 Å². The van der Waals surface area contributed by atoms with E-state index in [0.717, 1.165) is 29.4 Å². The SMILES string of the molecule is CC1CN(C(=O)c2ccc([N+](=O)[O-])cc2)CC=C1c1cc(NC(=O)C2CC2)nc2[nH]ccc12. The Morgan fingerprint density at radius 3 is 2.64 bits per heavy atom. The molecule has 1 saturated carbocycles. The fourth-order valence-electron chi connectivity index (χ4n) is 4.28. The summed E-state index contributed by atoms with van der Waals surface area (Å²) in [5, 5.41) is 14.8. The zero-order chi connectivity index (χ0) is 23.1. The van der Waals surface area contributed by atoms with Crippen molar-refractivity contribution in [3.8, 4) is 0 Å². The molecule has 9 nitrogen and oxygen atoms in total. The Morgan fingerprint density at radius 1 is 1.21 bits per heavy atom. The molecule has 9 heteroatoms. The molecule has 1 aliphatic carbocycles. The van der Waals surface area contributed by atoms with Gasteiger partial charge in [-0.05, 0) is 54.2 Å². The summed E-state index contributed by atoms with van der Waals surface area (Å²) in [7, 11) is 0. The van der Waals surface area contributed by atoms with Gasteiger partial charge >= 0.3 is 0 Å². The number of nitro groups is 1. The molecule has 2 N–H and O–H groups in total. The van der Waals surface area contributed by atoms with Crippen LogP contribution < -0.4 is 5.32 Å². The van der Waals surface area contributed by atoms with Crippen molar-refractivity contribution in [1.29, 1.82) is 0 Å². The highest BCUT2D eigenvalue weighted by molar-refractivity contribution is 5.98. The number of benzene rings is 1. The van der Waals surface area contributed by atoms with Crippen LogP contribution in [0.2, 0.25) is 0 Å². The maximum absolute atomic E-state index is 13.0. The van der Waals surface area contributed by atoms with Crippen LogP contribution in [0, 0.1) is 22.0 Å². The average molecular weight is 445 g/mol. The summed E-state index contributed by atoms with van der Waals surface area (Å²) in [6, 6.07) is 9.55. The van der Waals surface area contributed by atoms with Crippen LogP contribution in [-0.2, 0) is 4.79 Å². The van der Waals surface area contributed by atoms with Crippen molar-refractivity contribution in [3.05, 3.63) is 69.9 Å². The highest BCUT2D eigenvalue weighted by atomic mass is 16.6. The van der Waals surface area contributed by atoms with E-state index >= 15 is 0 Å². The minimum absolute atomic E-state index is 0.00454. The molecular weight excluding hydrogens is 422 g/mol. The van der Waals surface area contributed by atoms with Gasteiger partial charge in [-0.1, -0.05) is 13.0 Å². The van der Waals surface area contributed by atoms with Crippen LogP contribution in [0.1, 0.15) is 35.7 Å². The number of amides is 2. The van der Waals surface area contributed by atoms with Gasteiger partial charge in [0.25, 0.3) is 11.6 Å². The molecule has 0 spiro atoms. The Hall–Kier alpha value is -4.01. The molecule has 1 unspecified atom stereocenters. The number of rotatable bonds is 5. The van der Waals surface area contributed by atoms with Gasteiger partial charge in [-0.25, -0.2) is 4.98 Å². The summed E-state index contributed by atoms with van der Waals surface area (Å²) in [4.78, 5) is 45.0. The number of carbonyl (C=O) groups excluding carboxylic acids is 2. The number of hydrogen-bond donors (Lipinski definition) is 2. The summed E-state index contributed by atoms with van der Waals surface area (Å²) >= 11 is 0. The Kier molecular flexibility index (Phi) is 5.16. The second kappa shape index (κ2) is 8.16. The van der Waals surface area contributed by atoms with Gasteiger partial charge in [-0.3, -0.25) is 19.7 Å². The standard InChI is InChI=1S/C24H23N5O4/c1-14-13-28(24(31)16-4-6-17(7-5-16)29(32)33)11-9-18(14)20-12-21(27-23(30)15-2-3-15)26-22-19(20)8-10-25-22/h4-10,12,14-15H,2-3,11,13H2,1H3,(H2,25,26,27,30). The lowest BCUT2D eigenvalue weighted by Crippen LogP contribution is -2.38. The van der Waals surface area contributed by atoms with Gasteiger partial charge < -0.3 is 15.2 Å². The van der Waals surface area contributed by atoms with Crippen molar-refractivity contribution in [2.45, 2.75) is 19.8 Å². The number of fused-ring (bicyclic) bond motifs is 1. The van der Waals surface area contributed by atoms with E-state index in [1.807, 2.05) is 24.4 Å². The van der Waals surface area contributed by atoms with Gasteiger partial charge in [0.05, 0.1) is 4.92 Å². The second-order valence-corrected chi connectivity index (χ2v) is 8.63. The van der Waals surface area contributed by atoms with Crippen molar-refractivity contribution in [2.75, 3.05) is 18.4 Å². The van der Waals surface area contributed by atoms with Crippen LogP contribution in [0.4, 0.5) is 11.5 Å². The Bertz CT molecular complexity index is 1290. The average Bonchev–Trinajstić information content (AvgIpc) is 3.56. The van der Waals surface area contributed by atoms with E-state index in [-0.39, 0.29) is 29.3 Å². The molecule has 33 heavy (non-hydrogen) atoms. The number of aromatic amines is 1. The summed E-state index contributed by atoms with van der Waals surface area (Å²) in [5.41, 5.74) is 3.17. The molecule has 2 aromatic heterocycles. The largest absolute Gasteiger partial charge is 0.346 e. The topological polar surface area (TPSA) is 121 Å². The molecule has 2 aliphatic rings. The smallest absolute Gasteiger partial charge is 0.269 e. The number of carbonyl (C=O) groups is 2. The number of nitro benzene ring substituents is 1. The van der Waals surface area contributed by atoms with Gasteiger partial charge in [0.15, 0.2) is 0 Å². The third-order valence-corrected chi connectivity index (χ3v) is 6.21. The highest BCUT2D eigenvalue weighted by Gasteiger charge is 2.30. The quantitative estimate of drug-likeness (QED) is 0.454. The number of pyridine rings is 1. The van der Waals surface area contributed by atoms with E-state index in [1.54, 1.807) is 4.90 Å². The number of H-pyrrole nitrogens is 1. The molecule has 0 saturated heterocycles. The molecule has 2 amide bonds. The predicted molar refractivity (Wildman–Crippen MR) is 124 cm³/mol. The maximum Gasteiger partial charge on any atom is 0.269 e. The van der Waals surface area contributed by atoms with Crippen molar-refractivity contribution < 1.29 is 14.5 Å². The summed E-state index contributed by atoms with van der Waals surface area (Å²) in [5.74, 6) is 0.500. The number of hydrogen-bond acceptors (Lipinski definition) is 5. The Balaban J connectivity index is 1.40. The van der Waals surface area contributed by atoms with Gasteiger partial charge in [0, 0.05) is 48.3 Å². The van der Waals surface area contributed by atoms with E-state index < -0.39 is 4.92 Å². The third kappa shape index (κ3) is 4.09. The number of anilines is 1. The molecule has 1 fully saturated rings. The molecule has 0 radical (unpaired) electrons. The molecule has 3 aromatic rings. The van der Waals surface area contributed by atoms with Crippen molar-refractivity contribution in [3.63, 3.8) is 0 Å². The number of nitrogens with zero attached hydrogens (tertiary/aromatic N) is 3. The minimum Gasteiger partial charge on any atom is -0.346 e. The molecule has 1 aliphatic heterocycles. The molecule has 0 bridgehead atoms. The molecule has 168 valence electrons. The highest BCUT2D eigenvalue weighted by Crippen LogP contribution is 2.35. The van der Waals surface area contributed by atoms with Gasteiger partial charge in [-0.15, -0.1) is 0 Å². The monoisotopic (exact) mass is 445 g/mol. The minimum atomic E-state index is -0.482. The summed E-state index contributed by atoms with van der Waals surface area (Å²) in [6.45, 7) is 3.00. The fraction of sp³-hybridized carbons (Fsp3) is 0.292. The number of nitrogens with one attached hydrogen (secondary N) is 2. The van der Waals surface area contributed by atoms with Gasteiger partial charge in [0.2, 0.25) is 5.91 Å². The van der Waals surface area contributed by atoms with E-state index in [9.17, 15) is 19.7 Å². The van der Waals surface area contributed by atoms with Crippen LogP contribution >= 0.6 is 0 Å². The lowest BCUT2D eigenvalue weighted by atomic mass is 9.89. The Morgan fingerprint density at radius 2 is 1.97 bits per heavy atom. The first kappa shape index (κ1) is 20.9. The van der Waals surface area contributed by atoms with Crippen LogP contribution in [0.25, 0.3) is 16.6 Å². The Labute approximate surface area is 189 Å². The molecule has 1 aromatic carbocycles. The van der Waals surface area contributed by atoms with Crippen molar-refractivity contribution in [2.24, 2.45) is 11.8 Å². The van der Waals surface area contributed by atoms with Crippen LogP contribution in [0.3, 0.4) is 0 Å². The molecule has 5 rings (SSSR count). The zero-order valence-electron chi connectivity index (χ0n) is 18.1. The second-order valence-electron chi connectivity index (χ2n) is 8.63. The van der Waals surface area contributed by atoms with E-state index in [0.29, 0.717) is 30.1 Å². The predicted octanol–water partition coefficient (Wildman–Crippen LogP) is 4.00. The lowest BCUT2D eigenvalue weighted by Gasteiger charge is -2.32. The number of aromatic nitrogens is 2. The summed E-state index contributed by atoms with van der Waals surface area (Å²) < 4.78 is 0. The summed E-state index contributed by atoms with van der Waals surface area (Å²) in [6.07, 6.45) is 5.70. The molecule has 3 heterocycles.